The Hall–Kier alpha value is -3.11. The highest BCUT2D eigenvalue weighted by Crippen LogP contribution is 2.30. The number of benzene rings is 2. The van der Waals surface area contributed by atoms with Gasteiger partial charge in [-0.2, -0.15) is 0 Å². The van der Waals surface area contributed by atoms with E-state index in [1.807, 2.05) is 72.8 Å². The van der Waals surface area contributed by atoms with Crippen LogP contribution in [-0.2, 0) is 4.79 Å². The molecule has 0 spiro atoms. The molecule has 0 saturated heterocycles. The summed E-state index contributed by atoms with van der Waals surface area (Å²) in [4.78, 5) is 12.8. The predicted molar refractivity (Wildman–Crippen MR) is 103 cm³/mol. The third-order valence-corrected chi connectivity index (χ3v) is 4.77. The van der Waals surface area contributed by atoms with Crippen molar-refractivity contribution in [2.75, 3.05) is 5.32 Å². The minimum Gasteiger partial charge on any atom is -0.384 e. The number of allylic oxidation sites excluding steroid dienone is 2. The predicted octanol–water partition coefficient (Wildman–Crippen LogP) is 3.40. The zero-order valence-corrected chi connectivity index (χ0v) is 14.2. The number of amides is 1. The summed E-state index contributed by atoms with van der Waals surface area (Å²) in [5.41, 5.74) is 3.84. The van der Waals surface area contributed by atoms with Gasteiger partial charge in [0.1, 0.15) is 6.10 Å². The molecule has 2 unspecified atom stereocenters. The van der Waals surface area contributed by atoms with E-state index in [0.717, 1.165) is 28.8 Å². The quantitative estimate of drug-likeness (QED) is 0.800. The molecule has 1 aliphatic heterocycles. The number of carbonyl (C=O) groups is 1. The van der Waals surface area contributed by atoms with Crippen molar-refractivity contribution in [3.8, 4) is 11.1 Å². The van der Waals surface area contributed by atoms with Gasteiger partial charge >= 0.3 is 0 Å². The Balaban J connectivity index is 1.60. The van der Waals surface area contributed by atoms with Gasteiger partial charge in [-0.05, 0) is 23.6 Å². The zero-order valence-electron chi connectivity index (χ0n) is 14.2. The van der Waals surface area contributed by atoms with Crippen LogP contribution < -0.4 is 10.6 Å². The van der Waals surface area contributed by atoms with Crippen molar-refractivity contribution >= 4 is 11.6 Å². The van der Waals surface area contributed by atoms with E-state index in [2.05, 4.69) is 10.6 Å². The van der Waals surface area contributed by atoms with Gasteiger partial charge in [0.05, 0.1) is 11.6 Å². The summed E-state index contributed by atoms with van der Waals surface area (Å²) in [6, 6.07) is 17.6. The number of nitrogens with one attached hydrogen (secondary N) is 2. The number of hydrogen-bond donors (Lipinski definition) is 3. The lowest BCUT2D eigenvalue weighted by molar-refractivity contribution is -0.113. The number of para-hydroxylation sites is 1. The Morgan fingerprint density at radius 2 is 1.85 bits per heavy atom. The van der Waals surface area contributed by atoms with Crippen LogP contribution >= 0.6 is 0 Å². The van der Waals surface area contributed by atoms with E-state index in [4.69, 9.17) is 0 Å². The molecule has 0 bridgehead atoms. The Bertz CT molecular complexity index is 913. The first kappa shape index (κ1) is 16.4. The van der Waals surface area contributed by atoms with Crippen LogP contribution in [0.3, 0.4) is 0 Å². The molecule has 0 saturated carbocycles. The summed E-state index contributed by atoms with van der Waals surface area (Å²) in [6.07, 6.45) is 7.39. The molecule has 4 rings (SSSR count). The molecule has 3 N–H and O–H groups in total. The van der Waals surface area contributed by atoms with E-state index >= 15 is 0 Å². The van der Waals surface area contributed by atoms with Crippen molar-refractivity contribution in [1.29, 1.82) is 0 Å². The average molecular weight is 344 g/mol. The van der Waals surface area contributed by atoms with E-state index in [1.54, 1.807) is 6.20 Å². The summed E-state index contributed by atoms with van der Waals surface area (Å²) < 4.78 is 0. The number of hydrogen-bond acceptors (Lipinski definition) is 3. The topological polar surface area (TPSA) is 61.4 Å². The lowest BCUT2D eigenvalue weighted by Crippen LogP contribution is -2.41. The van der Waals surface area contributed by atoms with Crippen molar-refractivity contribution in [3.63, 3.8) is 0 Å². The summed E-state index contributed by atoms with van der Waals surface area (Å²) in [5.74, 6) is -0.303. The maximum Gasteiger partial charge on any atom is 0.256 e. The second kappa shape index (κ2) is 7.02. The van der Waals surface area contributed by atoms with Crippen molar-refractivity contribution in [2.45, 2.75) is 18.6 Å². The van der Waals surface area contributed by atoms with E-state index in [1.165, 1.54) is 0 Å². The second-order valence-corrected chi connectivity index (χ2v) is 6.42. The summed E-state index contributed by atoms with van der Waals surface area (Å²) in [7, 11) is 0. The molecule has 4 nitrogen and oxygen atoms in total. The minimum absolute atomic E-state index is 0.0585. The van der Waals surface area contributed by atoms with Gasteiger partial charge < -0.3 is 15.7 Å². The Morgan fingerprint density at radius 1 is 1.08 bits per heavy atom. The highest BCUT2D eigenvalue weighted by Gasteiger charge is 2.31. The van der Waals surface area contributed by atoms with Crippen LogP contribution in [0.15, 0.2) is 90.2 Å². The van der Waals surface area contributed by atoms with Crippen molar-refractivity contribution < 1.29 is 9.90 Å². The van der Waals surface area contributed by atoms with Crippen LogP contribution in [0, 0.1) is 0 Å². The van der Waals surface area contributed by atoms with E-state index in [0.29, 0.717) is 5.57 Å². The molecule has 0 radical (unpaired) electrons. The average Bonchev–Trinajstić information content (AvgIpc) is 2.69. The summed E-state index contributed by atoms with van der Waals surface area (Å²) in [6.45, 7) is 0. The van der Waals surface area contributed by atoms with Gasteiger partial charge in [-0.25, -0.2) is 0 Å². The van der Waals surface area contributed by atoms with Crippen LogP contribution in [0.25, 0.3) is 11.1 Å². The molecule has 0 fully saturated rings. The van der Waals surface area contributed by atoms with E-state index < -0.39 is 6.10 Å². The van der Waals surface area contributed by atoms with Gasteiger partial charge in [0, 0.05) is 17.5 Å². The van der Waals surface area contributed by atoms with E-state index in [-0.39, 0.29) is 11.9 Å². The highest BCUT2D eigenvalue weighted by atomic mass is 16.3. The Morgan fingerprint density at radius 3 is 2.69 bits per heavy atom. The molecule has 2 aromatic carbocycles. The zero-order chi connectivity index (χ0) is 17.9. The van der Waals surface area contributed by atoms with Crippen LogP contribution in [0.5, 0.6) is 0 Å². The van der Waals surface area contributed by atoms with E-state index in [9.17, 15) is 9.90 Å². The molecular formula is C22H20N2O2. The number of carbonyl (C=O) groups excluding carboxylic acids is 1. The molecule has 1 heterocycles. The maximum absolute atomic E-state index is 12.8. The van der Waals surface area contributed by atoms with Crippen LogP contribution in [0.4, 0.5) is 5.69 Å². The largest absolute Gasteiger partial charge is 0.384 e. The Kier molecular flexibility index (Phi) is 4.42. The summed E-state index contributed by atoms with van der Waals surface area (Å²) >= 11 is 0. The number of aliphatic hydroxyl groups excluding tert-OH is 1. The molecular weight excluding hydrogens is 324 g/mol. The van der Waals surface area contributed by atoms with Crippen molar-refractivity contribution in [1.82, 2.24) is 5.32 Å². The Labute approximate surface area is 152 Å². The van der Waals surface area contributed by atoms with Gasteiger partial charge in [0.15, 0.2) is 0 Å². The highest BCUT2D eigenvalue weighted by molar-refractivity contribution is 6.07. The molecule has 130 valence electrons. The molecule has 2 atom stereocenters. The molecule has 2 aromatic rings. The summed E-state index contributed by atoms with van der Waals surface area (Å²) in [5, 5.41) is 16.8. The molecule has 2 aliphatic rings. The van der Waals surface area contributed by atoms with Gasteiger partial charge in [0.25, 0.3) is 5.91 Å². The van der Waals surface area contributed by atoms with Crippen molar-refractivity contribution in [2.24, 2.45) is 0 Å². The monoisotopic (exact) mass is 344 g/mol. The fourth-order valence-electron chi connectivity index (χ4n) is 3.39. The third-order valence-electron chi connectivity index (χ3n) is 4.77. The first-order chi connectivity index (χ1) is 12.7. The van der Waals surface area contributed by atoms with Crippen LogP contribution in [0.2, 0.25) is 0 Å². The smallest absolute Gasteiger partial charge is 0.256 e. The van der Waals surface area contributed by atoms with Gasteiger partial charge in [-0.1, -0.05) is 66.8 Å². The van der Waals surface area contributed by atoms with Gasteiger partial charge in [0.2, 0.25) is 0 Å². The lowest BCUT2D eigenvalue weighted by Gasteiger charge is -2.31. The number of anilines is 1. The molecule has 1 aliphatic carbocycles. The van der Waals surface area contributed by atoms with Crippen LogP contribution in [0.1, 0.15) is 6.42 Å². The normalized spacial score (nSPS) is 21.1. The third kappa shape index (κ3) is 3.07. The fraction of sp³-hybridized carbons (Fsp3) is 0.136. The molecule has 0 aromatic heterocycles. The van der Waals surface area contributed by atoms with Crippen molar-refractivity contribution in [3.05, 3.63) is 90.2 Å². The number of aliphatic hydroxyl groups is 1. The standard InChI is InChI=1S/C22H20N2O2/c25-21-17-11-5-6-12-19(17)23-14-18(21)22(26)24-20-13-7-4-10-16(20)15-8-2-1-3-9-15/h1-11,13-14,19,21,23,25H,12H2,(H,24,26). The number of fused-ring (bicyclic) bond motifs is 1. The lowest BCUT2D eigenvalue weighted by atomic mass is 9.87. The number of rotatable bonds is 3. The SMILES string of the molecule is O=C(Nc1ccccc1-c1ccccc1)C1=CNC2CC=CC=C2C1O. The first-order valence-corrected chi connectivity index (χ1v) is 8.70. The molecule has 1 amide bonds. The van der Waals surface area contributed by atoms with Crippen LogP contribution in [-0.4, -0.2) is 23.2 Å². The first-order valence-electron chi connectivity index (χ1n) is 8.70. The second-order valence-electron chi connectivity index (χ2n) is 6.42. The maximum atomic E-state index is 12.8. The minimum atomic E-state index is -0.893. The fourth-order valence-corrected chi connectivity index (χ4v) is 3.39. The molecule has 26 heavy (non-hydrogen) atoms. The molecule has 4 heteroatoms. The van der Waals surface area contributed by atoms with Gasteiger partial charge in [-0.3, -0.25) is 4.79 Å². The van der Waals surface area contributed by atoms with Gasteiger partial charge in [-0.15, -0.1) is 0 Å².